The molecule has 4 heteroatoms. The van der Waals surface area contributed by atoms with Crippen molar-refractivity contribution in [1.82, 2.24) is 0 Å². The SMILES string of the molecule is CCS(=O)(=O)CCCC1(N)CCCC(CC(C)C)C1. The van der Waals surface area contributed by atoms with E-state index in [0.29, 0.717) is 5.75 Å². The van der Waals surface area contributed by atoms with E-state index in [-0.39, 0.29) is 11.3 Å². The first-order chi connectivity index (χ1) is 8.76. The van der Waals surface area contributed by atoms with Crippen LogP contribution < -0.4 is 5.73 Å². The van der Waals surface area contributed by atoms with Gasteiger partial charge in [0, 0.05) is 11.3 Å². The van der Waals surface area contributed by atoms with Crippen molar-refractivity contribution in [2.45, 2.75) is 71.3 Å². The summed E-state index contributed by atoms with van der Waals surface area (Å²) in [5.41, 5.74) is 6.39. The first-order valence-corrected chi connectivity index (χ1v) is 9.58. The summed E-state index contributed by atoms with van der Waals surface area (Å²) in [5.74, 6) is 2.02. The normalized spacial score (nSPS) is 28.8. The van der Waals surface area contributed by atoms with E-state index in [1.165, 1.54) is 19.3 Å². The van der Waals surface area contributed by atoms with Crippen LogP contribution in [0.25, 0.3) is 0 Å². The third kappa shape index (κ3) is 6.26. The molecule has 0 aromatic heterocycles. The number of hydrogen-bond acceptors (Lipinski definition) is 3. The van der Waals surface area contributed by atoms with Gasteiger partial charge < -0.3 is 5.73 Å². The Morgan fingerprint density at radius 3 is 2.63 bits per heavy atom. The van der Waals surface area contributed by atoms with Gasteiger partial charge in [0.1, 0.15) is 9.84 Å². The largest absolute Gasteiger partial charge is 0.325 e. The lowest BCUT2D eigenvalue weighted by atomic mass is 9.72. The summed E-state index contributed by atoms with van der Waals surface area (Å²) >= 11 is 0. The molecule has 0 saturated heterocycles. The zero-order chi connectivity index (χ0) is 14.5. The highest BCUT2D eigenvalue weighted by Crippen LogP contribution is 2.36. The maximum absolute atomic E-state index is 11.5. The van der Waals surface area contributed by atoms with Crippen LogP contribution in [0.2, 0.25) is 0 Å². The Morgan fingerprint density at radius 1 is 1.37 bits per heavy atom. The minimum Gasteiger partial charge on any atom is -0.325 e. The molecule has 0 spiro atoms. The van der Waals surface area contributed by atoms with E-state index in [0.717, 1.165) is 37.5 Å². The molecule has 114 valence electrons. The Labute approximate surface area is 119 Å². The lowest BCUT2D eigenvalue weighted by Crippen LogP contribution is -2.44. The van der Waals surface area contributed by atoms with Crippen molar-refractivity contribution in [3.63, 3.8) is 0 Å². The van der Waals surface area contributed by atoms with Gasteiger partial charge in [0.05, 0.1) is 5.75 Å². The van der Waals surface area contributed by atoms with Crippen molar-refractivity contribution in [2.75, 3.05) is 11.5 Å². The summed E-state index contributed by atoms with van der Waals surface area (Å²) in [6.07, 6.45) is 7.48. The molecule has 0 aromatic carbocycles. The van der Waals surface area contributed by atoms with Crippen LogP contribution in [0.15, 0.2) is 0 Å². The second kappa shape index (κ2) is 7.07. The second-order valence-corrected chi connectivity index (χ2v) is 9.27. The van der Waals surface area contributed by atoms with Gasteiger partial charge in [0.15, 0.2) is 0 Å². The van der Waals surface area contributed by atoms with Crippen molar-refractivity contribution in [1.29, 1.82) is 0 Å². The van der Waals surface area contributed by atoms with E-state index in [2.05, 4.69) is 13.8 Å². The molecule has 2 N–H and O–H groups in total. The fourth-order valence-corrected chi connectivity index (χ4v) is 4.28. The Hall–Kier alpha value is -0.0900. The van der Waals surface area contributed by atoms with Crippen LogP contribution in [0.3, 0.4) is 0 Å². The van der Waals surface area contributed by atoms with Crippen LogP contribution in [-0.4, -0.2) is 25.5 Å². The van der Waals surface area contributed by atoms with Gasteiger partial charge in [0.2, 0.25) is 0 Å². The maximum Gasteiger partial charge on any atom is 0.150 e. The van der Waals surface area contributed by atoms with E-state index in [9.17, 15) is 8.42 Å². The topological polar surface area (TPSA) is 60.2 Å². The minimum absolute atomic E-state index is 0.110. The zero-order valence-electron chi connectivity index (χ0n) is 12.8. The third-order valence-corrected chi connectivity index (χ3v) is 6.15. The summed E-state index contributed by atoms with van der Waals surface area (Å²) in [4.78, 5) is 0. The monoisotopic (exact) mass is 289 g/mol. The fraction of sp³-hybridized carbons (Fsp3) is 1.00. The summed E-state index contributed by atoms with van der Waals surface area (Å²) < 4.78 is 23.0. The first-order valence-electron chi connectivity index (χ1n) is 7.75. The molecule has 2 unspecified atom stereocenters. The molecule has 0 amide bonds. The average molecular weight is 289 g/mol. The molecule has 1 aliphatic rings. The highest BCUT2D eigenvalue weighted by molar-refractivity contribution is 7.91. The van der Waals surface area contributed by atoms with Crippen LogP contribution in [0.5, 0.6) is 0 Å². The average Bonchev–Trinajstić information content (AvgIpc) is 2.27. The van der Waals surface area contributed by atoms with Crippen molar-refractivity contribution in [3.05, 3.63) is 0 Å². The van der Waals surface area contributed by atoms with Crippen molar-refractivity contribution < 1.29 is 8.42 Å². The lowest BCUT2D eigenvalue weighted by molar-refractivity contribution is 0.191. The van der Waals surface area contributed by atoms with Gasteiger partial charge in [-0.15, -0.1) is 0 Å². The van der Waals surface area contributed by atoms with Crippen LogP contribution in [-0.2, 0) is 9.84 Å². The van der Waals surface area contributed by atoms with Gasteiger partial charge in [-0.2, -0.15) is 0 Å². The van der Waals surface area contributed by atoms with Gasteiger partial charge in [-0.3, -0.25) is 0 Å². The molecular formula is C15H31NO2S. The Bertz CT molecular complexity index is 364. The highest BCUT2D eigenvalue weighted by Gasteiger charge is 2.32. The van der Waals surface area contributed by atoms with Crippen molar-refractivity contribution >= 4 is 9.84 Å². The molecular weight excluding hydrogens is 258 g/mol. The highest BCUT2D eigenvalue weighted by atomic mass is 32.2. The Morgan fingerprint density at radius 2 is 2.05 bits per heavy atom. The van der Waals surface area contributed by atoms with Gasteiger partial charge in [-0.05, 0) is 43.9 Å². The van der Waals surface area contributed by atoms with Crippen LogP contribution in [0.1, 0.15) is 65.7 Å². The van der Waals surface area contributed by atoms with Crippen LogP contribution in [0, 0.1) is 11.8 Å². The number of sulfone groups is 1. The summed E-state index contributed by atoms with van der Waals surface area (Å²) in [5, 5.41) is 0. The molecule has 0 heterocycles. The number of rotatable bonds is 7. The summed E-state index contributed by atoms with van der Waals surface area (Å²) in [7, 11) is -2.84. The number of hydrogen-bond donors (Lipinski definition) is 1. The predicted octanol–water partition coefficient (Wildman–Crippen LogP) is 3.14. The summed E-state index contributed by atoms with van der Waals surface area (Å²) in [6.45, 7) is 6.24. The van der Waals surface area contributed by atoms with E-state index in [1.54, 1.807) is 6.92 Å². The molecule has 0 aromatic rings. The quantitative estimate of drug-likeness (QED) is 0.783. The molecule has 3 nitrogen and oxygen atoms in total. The van der Waals surface area contributed by atoms with E-state index < -0.39 is 9.84 Å². The molecule has 1 saturated carbocycles. The van der Waals surface area contributed by atoms with Gasteiger partial charge in [0.25, 0.3) is 0 Å². The van der Waals surface area contributed by atoms with Crippen molar-refractivity contribution in [3.8, 4) is 0 Å². The molecule has 1 rings (SSSR count). The maximum atomic E-state index is 11.5. The number of nitrogens with two attached hydrogens (primary N) is 1. The molecule has 0 radical (unpaired) electrons. The molecule has 0 aliphatic heterocycles. The molecule has 2 atom stereocenters. The van der Waals surface area contributed by atoms with Gasteiger partial charge in [-0.1, -0.05) is 33.6 Å². The van der Waals surface area contributed by atoms with Gasteiger partial charge >= 0.3 is 0 Å². The molecule has 1 aliphatic carbocycles. The van der Waals surface area contributed by atoms with Gasteiger partial charge in [-0.25, -0.2) is 8.42 Å². The first kappa shape index (κ1) is 17.0. The van der Waals surface area contributed by atoms with E-state index in [4.69, 9.17) is 5.73 Å². The van der Waals surface area contributed by atoms with Crippen LogP contribution in [0.4, 0.5) is 0 Å². The van der Waals surface area contributed by atoms with Crippen molar-refractivity contribution in [2.24, 2.45) is 17.6 Å². The van der Waals surface area contributed by atoms with E-state index in [1.807, 2.05) is 0 Å². The Balaban J connectivity index is 2.42. The third-order valence-electron chi connectivity index (χ3n) is 4.36. The molecule has 0 bridgehead atoms. The molecule has 19 heavy (non-hydrogen) atoms. The van der Waals surface area contributed by atoms with Crippen LogP contribution >= 0.6 is 0 Å². The Kier molecular flexibility index (Phi) is 6.31. The second-order valence-electron chi connectivity index (χ2n) is 6.79. The van der Waals surface area contributed by atoms with E-state index >= 15 is 0 Å². The fourth-order valence-electron chi connectivity index (χ4n) is 3.41. The zero-order valence-corrected chi connectivity index (χ0v) is 13.6. The summed E-state index contributed by atoms with van der Waals surface area (Å²) in [6, 6.07) is 0. The minimum atomic E-state index is -2.84. The smallest absolute Gasteiger partial charge is 0.150 e. The lowest BCUT2D eigenvalue weighted by Gasteiger charge is -2.39. The predicted molar refractivity (Wildman–Crippen MR) is 81.9 cm³/mol. The molecule has 1 fully saturated rings. The standard InChI is InChI=1S/C15H31NO2S/c1-4-19(17,18)10-6-9-15(16)8-5-7-14(12-15)11-13(2)3/h13-14H,4-12,16H2,1-3H3.